The Bertz CT molecular complexity index is 51.8. The van der Waals surface area contributed by atoms with Gasteiger partial charge in [0.25, 0.3) is 0 Å². The van der Waals surface area contributed by atoms with E-state index in [4.69, 9.17) is 31.4 Å². The van der Waals surface area contributed by atoms with Crippen LogP contribution in [0.4, 0.5) is 0 Å². The second-order valence-electron chi connectivity index (χ2n) is 0. The van der Waals surface area contributed by atoms with Crippen LogP contribution in [0.15, 0.2) is 0 Å². The molecule has 0 aliphatic rings. The normalized spacial score (nSPS) is 1.10. The van der Waals surface area contributed by atoms with Gasteiger partial charge in [-0.2, -0.15) is 0 Å². The molecule has 154 valence electrons. The molecule has 0 bridgehead atoms. The standard InChI is InChI=1S/7CH4.3Fe.4H3N.2O2.3O/c;;;;;;;;;;;;;;2*1-2;;;/h7*1H4;;;;4*1H3;;;;;. The monoisotopic (exact) mass is 460 g/mol. The van der Waals surface area contributed by atoms with Crippen LogP contribution in [0.1, 0.15) is 52.0 Å². The average Bonchev–Trinajstić information content (AvgIpc) is 2.20. The molecule has 0 radical (unpaired) electrons. The van der Waals surface area contributed by atoms with Crippen LogP contribution < -0.4 is 24.6 Å². The zero-order valence-electron chi connectivity index (χ0n) is 6.75. The molecular formula is C7H40Fe3N4O7. The molecular weight excluding hydrogens is 420 g/mol. The van der Waals surface area contributed by atoms with E-state index >= 15 is 0 Å². The Morgan fingerprint density at radius 2 is 0.286 bits per heavy atom. The van der Waals surface area contributed by atoms with Crippen molar-refractivity contribution in [1.29, 1.82) is 0 Å². The van der Waals surface area contributed by atoms with Gasteiger partial charge < -0.3 is 24.6 Å². The third kappa shape index (κ3) is 2670000000. The molecule has 11 nitrogen and oxygen atoms in total. The van der Waals surface area contributed by atoms with Crippen molar-refractivity contribution in [3.63, 3.8) is 0 Å². The molecule has 0 aliphatic heterocycles. The van der Waals surface area contributed by atoms with Crippen molar-refractivity contribution < 1.29 is 59.3 Å². The Morgan fingerprint density at radius 3 is 0.286 bits per heavy atom. The fraction of sp³-hybridized carbons (Fsp3) is 1.00. The van der Waals surface area contributed by atoms with E-state index in [1.807, 2.05) is 47.8 Å². The Kier molecular flexibility index (Phi) is 47600000000. The van der Waals surface area contributed by atoms with Gasteiger partial charge in [-0.15, -0.1) is 0 Å². The van der Waals surface area contributed by atoms with Gasteiger partial charge in [-0.3, -0.25) is 0 Å². The minimum atomic E-state index is 0. The van der Waals surface area contributed by atoms with Crippen molar-refractivity contribution in [3.8, 4) is 0 Å². The quantitative estimate of drug-likeness (QED) is 0.354. The fourth-order valence-corrected chi connectivity index (χ4v) is 0. The van der Waals surface area contributed by atoms with Gasteiger partial charge in [-0.25, -0.2) is 0 Å². The van der Waals surface area contributed by atoms with E-state index < -0.39 is 0 Å². The van der Waals surface area contributed by atoms with Gasteiger partial charge in [-0.05, 0) is 0 Å². The SMILES string of the molecule is C.C.C.C.C.C.C.N.N.N.N.O=O.O=O.[O]=[Fe].[O]=[Fe].[O]=[Fe]. The first-order valence-electron chi connectivity index (χ1n) is 0.766. The Labute approximate surface area is 155 Å². The van der Waals surface area contributed by atoms with E-state index in [1.54, 1.807) is 0 Å². The summed E-state index contributed by atoms with van der Waals surface area (Å²) in [6, 6.07) is 0. The van der Waals surface area contributed by atoms with Crippen molar-refractivity contribution in [2.75, 3.05) is 0 Å². The molecule has 21 heavy (non-hydrogen) atoms. The number of hydrogen-bond acceptors (Lipinski definition) is 11. The van der Waals surface area contributed by atoms with Gasteiger partial charge in [0.05, 0.1) is 0 Å². The van der Waals surface area contributed by atoms with Crippen molar-refractivity contribution in [1.82, 2.24) is 24.6 Å². The maximum absolute atomic E-state index is 8.00. The third-order valence-electron chi connectivity index (χ3n) is 0. The molecule has 0 aromatic carbocycles. The van der Waals surface area contributed by atoms with Gasteiger partial charge in [0, 0.05) is 19.9 Å². The molecule has 0 fully saturated rings. The zero-order chi connectivity index (χ0) is 10.0. The predicted octanol–water partition coefficient (Wildman–Crippen LogP) is 4.87. The Morgan fingerprint density at radius 1 is 0.286 bits per heavy atom. The van der Waals surface area contributed by atoms with Crippen LogP contribution in [0.2, 0.25) is 0 Å². The molecule has 0 spiro atoms. The summed E-state index contributed by atoms with van der Waals surface area (Å²) in [5, 5.41) is 0. The van der Waals surface area contributed by atoms with E-state index in [0.717, 1.165) is 0 Å². The molecule has 0 saturated heterocycles. The molecule has 0 heterocycles. The van der Waals surface area contributed by atoms with E-state index in [-0.39, 0.29) is 76.6 Å². The van der Waals surface area contributed by atoms with E-state index in [2.05, 4.69) is 0 Å². The van der Waals surface area contributed by atoms with E-state index in [0.29, 0.717) is 0 Å². The van der Waals surface area contributed by atoms with Crippen LogP contribution in [0, 0.1) is 19.9 Å². The number of hydrogen-bond donors (Lipinski definition) is 4. The van der Waals surface area contributed by atoms with Gasteiger partial charge in [0.2, 0.25) is 0 Å². The average molecular weight is 460 g/mol. The van der Waals surface area contributed by atoms with E-state index in [1.165, 1.54) is 0 Å². The summed E-state index contributed by atoms with van der Waals surface area (Å²) in [4.78, 5) is 28.0. The van der Waals surface area contributed by atoms with Crippen LogP contribution in [0.5, 0.6) is 0 Å². The van der Waals surface area contributed by atoms with Crippen LogP contribution in [0.25, 0.3) is 0 Å². The van der Waals surface area contributed by atoms with Crippen molar-refractivity contribution >= 4 is 0 Å². The maximum atomic E-state index is 8.00. The summed E-state index contributed by atoms with van der Waals surface area (Å²) >= 11 is 6.00. The molecule has 0 amide bonds. The molecule has 0 aromatic rings. The van der Waals surface area contributed by atoms with Gasteiger partial charge in [0.15, 0.2) is 0 Å². The third-order valence-corrected chi connectivity index (χ3v) is 0. The molecule has 12 N–H and O–H groups in total. The topological polar surface area (TPSA) is 259 Å². The summed E-state index contributed by atoms with van der Waals surface area (Å²) in [5.41, 5.74) is 0. The van der Waals surface area contributed by atoms with Gasteiger partial charge in [-0.1, -0.05) is 52.0 Å². The molecule has 0 aliphatic carbocycles. The van der Waals surface area contributed by atoms with Crippen LogP contribution in [0.3, 0.4) is 0 Å². The number of rotatable bonds is 0. The molecule has 0 aromatic heterocycles. The van der Waals surface area contributed by atoms with Crippen LogP contribution in [-0.4, -0.2) is 0 Å². The van der Waals surface area contributed by atoms with Crippen molar-refractivity contribution in [2.45, 2.75) is 52.0 Å². The Balaban J connectivity index is -0.000000000940. The first kappa shape index (κ1) is 336. The van der Waals surface area contributed by atoms with Crippen LogP contribution >= 0.6 is 0 Å². The van der Waals surface area contributed by atoms with Crippen LogP contribution in [-0.2, 0) is 59.3 Å². The molecule has 0 saturated carbocycles. The fourth-order valence-electron chi connectivity index (χ4n) is 0. The van der Waals surface area contributed by atoms with E-state index in [9.17, 15) is 0 Å². The minimum absolute atomic E-state index is 0. The van der Waals surface area contributed by atoms with Gasteiger partial charge >= 0.3 is 59.3 Å². The predicted molar refractivity (Wildman–Crippen MR) is 82.7 cm³/mol. The second-order valence-corrected chi connectivity index (χ2v) is 0. The second kappa shape index (κ2) is 2970000000. The van der Waals surface area contributed by atoms with Gasteiger partial charge in [0.1, 0.15) is 0 Å². The first-order chi connectivity index (χ1) is 5.00. The summed E-state index contributed by atoms with van der Waals surface area (Å²) in [6.45, 7) is 0. The summed E-state index contributed by atoms with van der Waals surface area (Å²) in [5.74, 6) is 0. The summed E-state index contributed by atoms with van der Waals surface area (Å²) in [7, 11) is 0. The zero-order valence-corrected chi connectivity index (χ0v) is 10.1. The summed E-state index contributed by atoms with van der Waals surface area (Å²) < 4.78 is 24.0. The molecule has 0 rings (SSSR count). The van der Waals surface area contributed by atoms with Crippen molar-refractivity contribution in [2.24, 2.45) is 0 Å². The van der Waals surface area contributed by atoms with Crippen molar-refractivity contribution in [3.05, 3.63) is 19.9 Å². The summed E-state index contributed by atoms with van der Waals surface area (Å²) in [6.07, 6.45) is 0. The Hall–Kier alpha value is -0.00156. The first-order valence-corrected chi connectivity index (χ1v) is 2.12. The molecule has 14 heteroatoms. The molecule has 0 unspecified atom stereocenters. The molecule has 0 atom stereocenters.